The first-order chi connectivity index (χ1) is 8.15. The predicted octanol–water partition coefficient (Wildman–Crippen LogP) is 4.36. The highest BCUT2D eigenvalue weighted by Crippen LogP contribution is 2.48. The summed E-state index contributed by atoms with van der Waals surface area (Å²) in [7, 11) is 0. The van der Waals surface area contributed by atoms with Crippen molar-refractivity contribution in [2.75, 3.05) is 13.1 Å². The minimum atomic E-state index is 0.393. The minimum absolute atomic E-state index is 0.393. The lowest BCUT2D eigenvalue weighted by atomic mass is 9.81. The molecule has 1 atom stereocenters. The molecule has 0 radical (unpaired) electrons. The molecule has 17 heavy (non-hydrogen) atoms. The van der Waals surface area contributed by atoms with Crippen LogP contribution in [0.5, 0.6) is 0 Å². The zero-order valence-electron chi connectivity index (χ0n) is 10.8. The summed E-state index contributed by atoms with van der Waals surface area (Å²) in [5.74, 6) is 0.894. The Morgan fingerprint density at radius 1 is 1.53 bits per heavy atom. The van der Waals surface area contributed by atoms with Crippen LogP contribution in [0.1, 0.15) is 38.0 Å². The van der Waals surface area contributed by atoms with E-state index in [0.717, 1.165) is 30.5 Å². The van der Waals surface area contributed by atoms with Crippen LogP contribution < -0.4 is 5.32 Å². The van der Waals surface area contributed by atoms with Gasteiger partial charge in [0.1, 0.15) is 0 Å². The first-order valence-corrected chi connectivity index (χ1v) is 7.84. The Labute approximate surface area is 114 Å². The van der Waals surface area contributed by atoms with Gasteiger partial charge in [0.25, 0.3) is 0 Å². The Morgan fingerprint density at radius 2 is 2.29 bits per heavy atom. The lowest BCUT2D eigenvalue weighted by molar-refractivity contribution is 0.258. The van der Waals surface area contributed by atoms with E-state index in [9.17, 15) is 0 Å². The van der Waals surface area contributed by atoms with Crippen LogP contribution in [0, 0.1) is 11.3 Å². The Balaban J connectivity index is 1.98. The zero-order valence-corrected chi connectivity index (χ0v) is 12.3. The SMILES string of the molecule is CCCNCC(C)(Cc1sccc1Cl)C1CC1. The molecule has 2 rings (SSSR count). The summed E-state index contributed by atoms with van der Waals surface area (Å²) in [5, 5.41) is 6.65. The lowest BCUT2D eigenvalue weighted by Gasteiger charge is -2.30. The Hall–Kier alpha value is -0.0500. The number of halogens is 1. The van der Waals surface area contributed by atoms with Gasteiger partial charge in [-0.25, -0.2) is 0 Å². The van der Waals surface area contributed by atoms with E-state index in [4.69, 9.17) is 11.6 Å². The van der Waals surface area contributed by atoms with E-state index in [-0.39, 0.29) is 0 Å². The third-order valence-corrected chi connectivity index (χ3v) is 5.16. The summed E-state index contributed by atoms with van der Waals surface area (Å²) >= 11 is 8.02. The Kier molecular flexibility index (Phi) is 4.51. The second-order valence-electron chi connectivity index (χ2n) is 5.47. The maximum Gasteiger partial charge on any atom is 0.0545 e. The van der Waals surface area contributed by atoms with Crippen molar-refractivity contribution < 1.29 is 0 Å². The lowest BCUT2D eigenvalue weighted by Crippen LogP contribution is -2.35. The molecule has 0 amide bonds. The average Bonchev–Trinajstić information content (AvgIpc) is 3.07. The zero-order chi connectivity index (χ0) is 12.3. The van der Waals surface area contributed by atoms with Gasteiger partial charge in [-0.2, -0.15) is 0 Å². The van der Waals surface area contributed by atoms with Crippen LogP contribution >= 0.6 is 22.9 Å². The van der Waals surface area contributed by atoms with Gasteiger partial charge in [0, 0.05) is 11.4 Å². The van der Waals surface area contributed by atoms with Crippen molar-refractivity contribution in [2.24, 2.45) is 11.3 Å². The monoisotopic (exact) mass is 271 g/mol. The van der Waals surface area contributed by atoms with Crippen LogP contribution in [0.15, 0.2) is 11.4 Å². The van der Waals surface area contributed by atoms with Gasteiger partial charge in [-0.1, -0.05) is 25.4 Å². The third kappa shape index (κ3) is 3.46. The molecule has 0 saturated heterocycles. The van der Waals surface area contributed by atoms with Crippen molar-refractivity contribution in [1.29, 1.82) is 0 Å². The number of nitrogens with one attached hydrogen (secondary N) is 1. The average molecular weight is 272 g/mol. The van der Waals surface area contributed by atoms with Gasteiger partial charge in [0.2, 0.25) is 0 Å². The fourth-order valence-electron chi connectivity index (χ4n) is 2.50. The van der Waals surface area contributed by atoms with Crippen LogP contribution in [0.4, 0.5) is 0 Å². The fourth-order valence-corrected chi connectivity index (χ4v) is 3.80. The second kappa shape index (κ2) is 5.73. The molecule has 0 aliphatic heterocycles. The highest BCUT2D eigenvalue weighted by atomic mass is 35.5. The van der Waals surface area contributed by atoms with Crippen molar-refractivity contribution in [1.82, 2.24) is 5.32 Å². The summed E-state index contributed by atoms with van der Waals surface area (Å²) < 4.78 is 0. The van der Waals surface area contributed by atoms with E-state index in [1.54, 1.807) is 11.3 Å². The number of hydrogen-bond donors (Lipinski definition) is 1. The normalized spacial score (nSPS) is 19.2. The second-order valence-corrected chi connectivity index (χ2v) is 6.88. The number of rotatable bonds is 7. The van der Waals surface area contributed by atoms with Gasteiger partial charge in [-0.3, -0.25) is 0 Å². The van der Waals surface area contributed by atoms with Crippen LogP contribution in [-0.2, 0) is 6.42 Å². The highest BCUT2D eigenvalue weighted by Gasteiger charge is 2.41. The molecule has 0 bridgehead atoms. The molecular weight excluding hydrogens is 250 g/mol. The predicted molar refractivity (Wildman–Crippen MR) is 77.0 cm³/mol. The van der Waals surface area contributed by atoms with Crippen molar-refractivity contribution >= 4 is 22.9 Å². The van der Waals surface area contributed by atoms with E-state index in [1.807, 2.05) is 6.07 Å². The van der Waals surface area contributed by atoms with Crippen molar-refractivity contribution in [3.8, 4) is 0 Å². The Morgan fingerprint density at radius 3 is 2.82 bits per heavy atom. The first kappa shape index (κ1) is 13.4. The standard InChI is InChI=1S/C14H22ClNS/c1-3-7-16-10-14(2,11-4-5-11)9-13-12(15)6-8-17-13/h6,8,11,16H,3-5,7,9-10H2,1-2H3. The molecule has 1 heterocycles. The maximum atomic E-state index is 6.22. The molecule has 1 aromatic rings. The van der Waals surface area contributed by atoms with Crippen LogP contribution in [0.3, 0.4) is 0 Å². The van der Waals surface area contributed by atoms with Crippen LogP contribution in [0.2, 0.25) is 5.02 Å². The molecule has 1 saturated carbocycles. The third-order valence-electron chi connectivity index (χ3n) is 3.77. The quantitative estimate of drug-likeness (QED) is 0.727. The smallest absolute Gasteiger partial charge is 0.0545 e. The van der Waals surface area contributed by atoms with Crippen LogP contribution in [0.25, 0.3) is 0 Å². The number of thiophene rings is 1. The summed E-state index contributed by atoms with van der Waals surface area (Å²) in [6.45, 7) is 6.89. The molecule has 0 spiro atoms. The van der Waals surface area contributed by atoms with E-state index in [1.165, 1.54) is 24.1 Å². The van der Waals surface area contributed by atoms with Gasteiger partial charge in [0.05, 0.1) is 5.02 Å². The van der Waals surface area contributed by atoms with E-state index >= 15 is 0 Å². The molecule has 1 aliphatic rings. The highest BCUT2D eigenvalue weighted by molar-refractivity contribution is 7.10. The summed E-state index contributed by atoms with van der Waals surface area (Å²) in [6, 6.07) is 2.02. The number of hydrogen-bond acceptors (Lipinski definition) is 2. The van der Waals surface area contributed by atoms with Gasteiger partial charge in [-0.15, -0.1) is 11.3 Å². The first-order valence-electron chi connectivity index (χ1n) is 6.58. The molecule has 0 aromatic carbocycles. The van der Waals surface area contributed by atoms with Gasteiger partial charge in [0.15, 0.2) is 0 Å². The molecule has 1 N–H and O–H groups in total. The Bertz CT molecular complexity index is 359. The molecular formula is C14H22ClNS. The topological polar surface area (TPSA) is 12.0 Å². The van der Waals surface area contributed by atoms with Crippen molar-refractivity contribution in [2.45, 2.75) is 39.5 Å². The van der Waals surface area contributed by atoms with E-state index < -0.39 is 0 Å². The summed E-state index contributed by atoms with van der Waals surface area (Å²) in [6.07, 6.45) is 5.13. The molecule has 1 nitrogen and oxygen atoms in total. The fraction of sp³-hybridized carbons (Fsp3) is 0.714. The molecule has 1 aromatic heterocycles. The van der Waals surface area contributed by atoms with E-state index in [0.29, 0.717) is 5.41 Å². The van der Waals surface area contributed by atoms with Gasteiger partial charge < -0.3 is 5.32 Å². The molecule has 1 fully saturated rings. The van der Waals surface area contributed by atoms with Crippen molar-refractivity contribution in [3.63, 3.8) is 0 Å². The maximum absolute atomic E-state index is 6.22. The van der Waals surface area contributed by atoms with Gasteiger partial charge >= 0.3 is 0 Å². The van der Waals surface area contributed by atoms with E-state index in [2.05, 4.69) is 24.5 Å². The molecule has 96 valence electrons. The van der Waals surface area contributed by atoms with Gasteiger partial charge in [-0.05, 0) is 55.0 Å². The molecule has 1 aliphatic carbocycles. The summed E-state index contributed by atoms with van der Waals surface area (Å²) in [5.41, 5.74) is 0.393. The molecule has 1 unspecified atom stereocenters. The minimum Gasteiger partial charge on any atom is -0.316 e. The van der Waals surface area contributed by atoms with Crippen LogP contribution in [-0.4, -0.2) is 13.1 Å². The summed E-state index contributed by atoms with van der Waals surface area (Å²) in [4.78, 5) is 1.36. The van der Waals surface area contributed by atoms with Crippen molar-refractivity contribution in [3.05, 3.63) is 21.3 Å². The largest absolute Gasteiger partial charge is 0.316 e. The molecule has 3 heteroatoms.